The van der Waals surface area contributed by atoms with Crippen molar-refractivity contribution >= 4 is 17.9 Å². The molecule has 2 unspecified atom stereocenters. The maximum atomic E-state index is 12.6. The Balaban J connectivity index is 4.51. The summed E-state index contributed by atoms with van der Waals surface area (Å²) in [6.45, 7) is 4.62. The van der Waals surface area contributed by atoms with Crippen LogP contribution in [0.1, 0.15) is 142 Å². The number of nitrogens with zero attached hydrogens (tertiary/aromatic N) is 1. The molecule has 0 amide bonds. The molecule has 0 rings (SSSR count). The number of likely N-dealkylation sites (N-methyl/N-ethyl adjacent to an activating group) is 1. The van der Waals surface area contributed by atoms with Crippen molar-refractivity contribution in [1.29, 1.82) is 0 Å². The van der Waals surface area contributed by atoms with Crippen molar-refractivity contribution < 1.29 is 38.2 Å². The average molecular weight is 639 g/mol. The molecule has 1 N–H and O–H groups in total. The van der Waals surface area contributed by atoms with Crippen LogP contribution in [0.15, 0.2) is 24.3 Å². The van der Waals surface area contributed by atoms with Gasteiger partial charge in [0.2, 0.25) is 0 Å². The Morgan fingerprint density at radius 1 is 0.667 bits per heavy atom. The molecule has 0 aromatic rings. The zero-order chi connectivity index (χ0) is 33.6. The van der Waals surface area contributed by atoms with Gasteiger partial charge in [-0.25, -0.2) is 4.79 Å². The van der Waals surface area contributed by atoms with Crippen LogP contribution in [0.3, 0.4) is 0 Å². The molecule has 0 radical (unpaired) electrons. The van der Waals surface area contributed by atoms with Crippen molar-refractivity contribution in [2.24, 2.45) is 0 Å². The largest absolute Gasteiger partial charge is 0.477 e. The van der Waals surface area contributed by atoms with Crippen LogP contribution >= 0.6 is 0 Å². The number of carboxylic acids is 1. The predicted octanol–water partition coefficient (Wildman–Crippen LogP) is 8.57. The van der Waals surface area contributed by atoms with Crippen LogP contribution in [0, 0.1) is 0 Å². The number of ether oxygens (including phenoxy) is 3. The maximum Gasteiger partial charge on any atom is 0.362 e. The highest BCUT2D eigenvalue weighted by atomic mass is 16.6. The lowest BCUT2D eigenvalue weighted by Gasteiger charge is -2.31. The van der Waals surface area contributed by atoms with Crippen LogP contribution in [-0.4, -0.2) is 80.6 Å². The Morgan fingerprint density at radius 3 is 1.73 bits per heavy atom. The van der Waals surface area contributed by atoms with E-state index in [4.69, 9.17) is 14.2 Å². The van der Waals surface area contributed by atoms with Gasteiger partial charge >= 0.3 is 17.9 Å². The fourth-order valence-corrected chi connectivity index (χ4v) is 5.01. The van der Waals surface area contributed by atoms with Gasteiger partial charge in [0.05, 0.1) is 34.4 Å². The molecule has 262 valence electrons. The highest BCUT2D eigenvalue weighted by molar-refractivity contribution is 5.72. The molecule has 8 heteroatoms. The minimum Gasteiger partial charge on any atom is -0.477 e. The zero-order valence-corrected chi connectivity index (χ0v) is 29.6. The molecular formula is C37H68NO7+. The number of hydrogen-bond acceptors (Lipinski definition) is 6. The van der Waals surface area contributed by atoms with Gasteiger partial charge in [0.15, 0.2) is 12.1 Å². The van der Waals surface area contributed by atoms with Crippen LogP contribution in [0.2, 0.25) is 0 Å². The first-order valence-electron chi connectivity index (χ1n) is 17.9. The van der Waals surface area contributed by atoms with Crippen molar-refractivity contribution in [2.45, 2.75) is 154 Å². The number of carbonyl (C=O) groups excluding carboxylic acids is 2. The summed E-state index contributed by atoms with van der Waals surface area (Å²) >= 11 is 0. The number of unbranched alkanes of at least 4 members (excludes halogenated alkanes) is 14. The molecule has 0 aliphatic rings. The lowest BCUT2D eigenvalue weighted by atomic mass is 10.1. The van der Waals surface area contributed by atoms with Gasteiger partial charge < -0.3 is 23.8 Å². The van der Waals surface area contributed by atoms with E-state index in [1.54, 1.807) is 0 Å². The lowest BCUT2D eigenvalue weighted by molar-refractivity contribution is -0.887. The number of aliphatic carboxylic acids is 1. The van der Waals surface area contributed by atoms with E-state index >= 15 is 0 Å². The number of carbonyl (C=O) groups is 3. The van der Waals surface area contributed by atoms with Gasteiger partial charge in [0.25, 0.3) is 0 Å². The summed E-state index contributed by atoms with van der Waals surface area (Å²) in [5.41, 5.74) is 0. The predicted molar refractivity (Wildman–Crippen MR) is 183 cm³/mol. The topological polar surface area (TPSA) is 99.1 Å². The molecule has 0 aromatic heterocycles. The highest BCUT2D eigenvalue weighted by Crippen LogP contribution is 2.13. The van der Waals surface area contributed by atoms with Gasteiger partial charge in [0.1, 0.15) is 6.61 Å². The molecule has 0 aromatic carbocycles. The van der Waals surface area contributed by atoms with E-state index in [1.165, 1.54) is 57.8 Å². The lowest BCUT2D eigenvalue weighted by Crippen LogP contribution is -2.50. The summed E-state index contributed by atoms with van der Waals surface area (Å²) in [6.07, 6.45) is 27.9. The second-order valence-electron chi connectivity index (χ2n) is 13.2. The van der Waals surface area contributed by atoms with Gasteiger partial charge in [-0.05, 0) is 32.1 Å². The van der Waals surface area contributed by atoms with Crippen LogP contribution in [0.25, 0.3) is 0 Å². The second-order valence-corrected chi connectivity index (χ2v) is 13.2. The Morgan fingerprint density at radius 2 is 1.18 bits per heavy atom. The molecular weight excluding hydrogens is 570 g/mol. The second kappa shape index (κ2) is 29.2. The zero-order valence-electron chi connectivity index (χ0n) is 29.6. The summed E-state index contributed by atoms with van der Waals surface area (Å²) in [5, 5.41) is 9.55. The van der Waals surface area contributed by atoms with E-state index < -0.39 is 18.1 Å². The van der Waals surface area contributed by atoms with E-state index in [0.717, 1.165) is 51.4 Å². The quantitative estimate of drug-likeness (QED) is 0.0351. The van der Waals surface area contributed by atoms with Gasteiger partial charge in [-0.3, -0.25) is 9.59 Å². The molecule has 0 spiro atoms. The fraction of sp³-hybridized carbons (Fsp3) is 0.811. The number of rotatable bonds is 31. The number of esters is 2. The first-order valence-corrected chi connectivity index (χ1v) is 17.9. The van der Waals surface area contributed by atoms with Gasteiger partial charge in [-0.1, -0.05) is 115 Å². The van der Waals surface area contributed by atoms with E-state index in [1.807, 2.05) is 21.1 Å². The molecule has 0 saturated carbocycles. The third-order valence-electron chi connectivity index (χ3n) is 7.88. The van der Waals surface area contributed by atoms with Crippen molar-refractivity contribution in [1.82, 2.24) is 0 Å². The maximum absolute atomic E-state index is 12.6. The van der Waals surface area contributed by atoms with Gasteiger partial charge in [-0.15, -0.1) is 0 Å². The SMILES string of the molecule is CCCC/C=C/C=C/CCCCCC(=O)OC(COCCC(C(=O)O)[N+](C)(C)C)COC(=O)CCCCCCCCCCCC. The molecule has 0 bridgehead atoms. The van der Waals surface area contributed by atoms with Crippen LogP contribution < -0.4 is 0 Å². The minimum atomic E-state index is -0.881. The first kappa shape index (κ1) is 42.8. The summed E-state index contributed by atoms with van der Waals surface area (Å²) < 4.78 is 17.1. The average Bonchev–Trinajstić information content (AvgIpc) is 2.98. The molecule has 0 saturated heterocycles. The van der Waals surface area contributed by atoms with Gasteiger partial charge in [-0.2, -0.15) is 0 Å². The van der Waals surface area contributed by atoms with Crippen molar-refractivity contribution in [3.8, 4) is 0 Å². The third-order valence-corrected chi connectivity index (χ3v) is 7.88. The van der Waals surface area contributed by atoms with Crippen molar-refractivity contribution in [3.05, 3.63) is 24.3 Å². The Bertz CT molecular complexity index is 803. The summed E-state index contributed by atoms with van der Waals surface area (Å²) in [6, 6.07) is -0.614. The molecule has 45 heavy (non-hydrogen) atoms. The third kappa shape index (κ3) is 27.8. The van der Waals surface area contributed by atoms with Crippen LogP contribution in [-0.2, 0) is 28.6 Å². The minimum absolute atomic E-state index is 0.0529. The van der Waals surface area contributed by atoms with E-state index in [0.29, 0.717) is 19.3 Å². The smallest absolute Gasteiger partial charge is 0.362 e. The number of quaternary nitrogens is 1. The van der Waals surface area contributed by atoms with Gasteiger partial charge in [0, 0.05) is 19.3 Å². The monoisotopic (exact) mass is 638 g/mol. The standard InChI is InChI=1S/C37H67NO7/c1-6-8-10-12-14-16-18-20-22-24-26-28-36(40)45-33(31-43-30-29-34(37(41)42)38(3,4)5)32-44-35(39)27-25-23-21-19-17-15-13-11-9-7-2/h12,14,16,18,33-34H,6-11,13,15,17,19-32H2,1-5H3/p+1/b14-12+,18-16+. The normalized spacial score (nSPS) is 13.4. The van der Waals surface area contributed by atoms with E-state index in [-0.39, 0.29) is 36.2 Å². The van der Waals surface area contributed by atoms with Crippen molar-refractivity contribution in [2.75, 3.05) is 41.0 Å². The molecule has 2 atom stereocenters. The molecule has 0 aliphatic carbocycles. The van der Waals surface area contributed by atoms with Crippen LogP contribution in [0.4, 0.5) is 0 Å². The van der Waals surface area contributed by atoms with Crippen LogP contribution in [0.5, 0.6) is 0 Å². The molecule has 0 aliphatic heterocycles. The first-order chi connectivity index (χ1) is 21.6. The van der Waals surface area contributed by atoms with E-state index in [2.05, 4.69) is 38.2 Å². The molecule has 8 nitrogen and oxygen atoms in total. The summed E-state index contributed by atoms with van der Waals surface area (Å²) in [5.74, 6) is -1.51. The molecule has 0 heterocycles. The Kier molecular flexibility index (Phi) is 27.8. The Hall–Kier alpha value is -2.19. The number of hydrogen-bond donors (Lipinski definition) is 1. The summed E-state index contributed by atoms with van der Waals surface area (Å²) in [4.78, 5) is 36.6. The Labute approximate surface area is 275 Å². The van der Waals surface area contributed by atoms with E-state index in [9.17, 15) is 19.5 Å². The van der Waals surface area contributed by atoms with Crippen molar-refractivity contribution in [3.63, 3.8) is 0 Å². The number of carboxylic acid groups (broad SMARTS) is 1. The molecule has 0 fully saturated rings. The fourth-order valence-electron chi connectivity index (χ4n) is 5.01. The number of allylic oxidation sites excluding steroid dienone is 4. The summed E-state index contributed by atoms with van der Waals surface area (Å²) in [7, 11) is 5.50. The highest BCUT2D eigenvalue weighted by Gasteiger charge is 2.31.